The molecule has 0 radical (unpaired) electrons. The van der Waals surface area contributed by atoms with Gasteiger partial charge in [0.05, 0.1) is 0 Å². The molecule has 0 aliphatic rings. The maximum absolute atomic E-state index is 11.9. The van der Waals surface area contributed by atoms with Crippen molar-refractivity contribution in [3.05, 3.63) is 18.2 Å². The first-order chi connectivity index (χ1) is 8.06. The van der Waals surface area contributed by atoms with Crippen molar-refractivity contribution < 1.29 is 4.79 Å². The Hall–Kier alpha value is -1.16. The molecule has 1 heterocycles. The normalized spacial score (nSPS) is 13.0. The van der Waals surface area contributed by atoms with E-state index in [4.69, 9.17) is 5.73 Å². The minimum absolute atomic E-state index is 0.125. The number of nitrogens with zero attached hydrogens (tertiary/aromatic N) is 2. The van der Waals surface area contributed by atoms with Crippen LogP contribution in [-0.4, -0.2) is 21.9 Å². The van der Waals surface area contributed by atoms with Gasteiger partial charge in [0, 0.05) is 25.9 Å². The lowest BCUT2D eigenvalue weighted by Crippen LogP contribution is -2.16. The van der Waals surface area contributed by atoms with Crippen LogP contribution in [-0.2, 0) is 7.05 Å². The highest BCUT2D eigenvalue weighted by Crippen LogP contribution is 2.21. The summed E-state index contributed by atoms with van der Waals surface area (Å²) in [4.78, 5) is 16.0. The molecule has 2 N–H and O–H groups in total. The number of rotatable bonds is 7. The summed E-state index contributed by atoms with van der Waals surface area (Å²) < 4.78 is 1.77. The number of nitrogens with two attached hydrogens (primary N) is 1. The highest BCUT2D eigenvalue weighted by molar-refractivity contribution is 5.92. The molecule has 1 atom stereocenters. The van der Waals surface area contributed by atoms with Crippen molar-refractivity contribution in [1.29, 1.82) is 0 Å². The van der Waals surface area contributed by atoms with E-state index in [2.05, 4.69) is 18.8 Å². The first-order valence-electron chi connectivity index (χ1n) is 6.26. The van der Waals surface area contributed by atoms with Crippen molar-refractivity contribution in [1.82, 2.24) is 9.55 Å². The fraction of sp³-hybridized carbons (Fsp3) is 0.692. The quantitative estimate of drug-likeness (QED) is 0.738. The first kappa shape index (κ1) is 13.9. The number of carbonyl (C=O) groups is 1. The standard InChI is InChI=1S/C13H23N3O/c1-10(2)11(6-7-14)4-5-12(17)13-15-8-9-16(13)3/h8-11H,4-7,14H2,1-3H3. The van der Waals surface area contributed by atoms with Crippen LogP contribution in [0.15, 0.2) is 12.4 Å². The van der Waals surface area contributed by atoms with E-state index in [1.54, 1.807) is 17.0 Å². The van der Waals surface area contributed by atoms with Crippen LogP contribution in [0.25, 0.3) is 0 Å². The van der Waals surface area contributed by atoms with E-state index in [0.717, 1.165) is 12.8 Å². The van der Waals surface area contributed by atoms with E-state index in [1.807, 2.05) is 7.05 Å². The Morgan fingerprint density at radius 1 is 1.47 bits per heavy atom. The van der Waals surface area contributed by atoms with Crippen LogP contribution in [0.3, 0.4) is 0 Å². The van der Waals surface area contributed by atoms with Crippen molar-refractivity contribution >= 4 is 5.78 Å². The molecule has 1 aromatic heterocycles. The number of aryl methyl sites for hydroxylation is 1. The van der Waals surface area contributed by atoms with Gasteiger partial charge in [-0.2, -0.15) is 0 Å². The van der Waals surface area contributed by atoms with E-state index < -0.39 is 0 Å². The molecule has 1 unspecified atom stereocenters. The molecule has 0 bridgehead atoms. The summed E-state index contributed by atoms with van der Waals surface area (Å²) in [5.74, 6) is 1.79. The topological polar surface area (TPSA) is 60.9 Å². The molecule has 17 heavy (non-hydrogen) atoms. The SMILES string of the molecule is CC(C)C(CCN)CCC(=O)c1nccn1C. The first-order valence-corrected chi connectivity index (χ1v) is 6.26. The number of ketones is 1. The molecule has 1 aromatic rings. The number of aromatic nitrogens is 2. The van der Waals surface area contributed by atoms with E-state index >= 15 is 0 Å². The van der Waals surface area contributed by atoms with Gasteiger partial charge < -0.3 is 10.3 Å². The third-order valence-corrected chi connectivity index (χ3v) is 3.29. The molecule has 0 aromatic carbocycles. The van der Waals surface area contributed by atoms with Crippen molar-refractivity contribution in [2.75, 3.05) is 6.54 Å². The second-order valence-corrected chi connectivity index (χ2v) is 4.91. The monoisotopic (exact) mass is 237 g/mol. The Morgan fingerprint density at radius 2 is 2.18 bits per heavy atom. The molecule has 4 nitrogen and oxygen atoms in total. The van der Waals surface area contributed by atoms with Gasteiger partial charge in [0.2, 0.25) is 0 Å². The molecule has 0 fully saturated rings. The molecule has 1 rings (SSSR count). The molecular weight excluding hydrogens is 214 g/mol. The lowest BCUT2D eigenvalue weighted by molar-refractivity contribution is 0.0956. The predicted octanol–water partition coefficient (Wildman–Crippen LogP) is 2.00. The molecule has 0 aliphatic heterocycles. The summed E-state index contributed by atoms with van der Waals surface area (Å²) in [6.45, 7) is 5.07. The largest absolute Gasteiger partial charge is 0.332 e. The summed E-state index contributed by atoms with van der Waals surface area (Å²) in [6.07, 6.45) is 5.92. The molecule has 4 heteroatoms. The second kappa shape index (κ2) is 6.55. The van der Waals surface area contributed by atoms with Crippen LogP contribution in [0.5, 0.6) is 0 Å². The van der Waals surface area contributed by atoms with Crippen LogP contribution in [0, 0.1) is 11.8 Å². The zero-order valence-corrected chi connectivity index (χ0v) is 11.0. The number of hydrogen-bond donors (Lipinski definition) is 1. The van der Waals surface area contributed by atoms with Crippen LogP contribution in [0.2, 0.25) is 0 Å². The zero-order valence-electron chi connectivity index (χ0n) is 11.0. The van der Waals surface area contributed by atoms with E-state index in [0.29, 0.717) is 30.6 Å². The third-order valence-electron chi connectivity index (χ3n) is 3.29. The maximum Gasteiger partial charge on any atom is 0.198 e. The molecule has 96 valence electrons. The average Bonchev–Trinajstić information content (AvgIpc) is 2.69. The van der Waals surface area contributed by atoms with Crippen molar-refractivity contribution in [2.24, 2.45) is 24.6 Å². The average molecular weight is 237 g/mol. The van der Waals surface area contributed by atoms with Gasteiger partial charge in [-0.25, -0.2) is 4.98 Å². The van der Waals surface area contributed by atoms with Gasteiger partial charge in [0.25, 0.3) is 0 Å². The molecule has 0 amide bonds. The van der Waals surface area contributed by atoms with Crippen LogP contribution in [0.4, 0.5) is 0 Å². The smallest absolute Gasteiger partial charge is 0.198 e. The third kappa shape index (κ3) is 3.97. The molecule has 0 aliphatic carbocycles. The Morgan fingerprint density at radius 3 is 2.65 bits per heavy atom. The lowest BCUT2D eigenvalue weighted by Gasteiger charge is -2.19. The van der Waals surface area contributed by atoms with Crippen LogP contribution in [0.1, 0.15) is 43.7 Å². The minimum atomic E-state index is 0.125. The molecule has 0 saturated carbocycles. The van der Waals surface area contributed by atoms with Gasteiger partial charge in [-0.15, -0.1) is 0 Å². The molecule has 0 spiro atoms. The Bertz CT molecular complexity index is 357. The summed E-state index contributed by atoms with van der Waals surface area (Å²) in [7, 11) is 1.85. The van der Waals surface area contributed by atoms with Crippen molar-refractivity contribution in [3.8, 4) is 0 Å². The van der Waals surface area contributed by atoms with E-state index in [1.165, 1.54) is 0 Å². The Labute approximate surface area is 103 Å². The zero-order chi connectivity index (χ0) is 12.8. The molecular formula is C13H23N3O. The highest BCUT2D eigenvalue weighted by Gasteiger charge is 2.17. The van der Waals surface area contributed by atoms with Gasteiger partial charge >= 0.3 is 0 Å². The highest BCUT2D eigenvalue weighted by atomic mass is 16.1. The molecule has 0 saturated heterocycles. The maximum atomic E-state index is 11.9. The summed E-state index contributed by atoms with van der Waals surface area (Å²) in [6, 6.07) is 0. The fourth-order valence-electron chi connectivity index (χ4n) is 2.09. The van der Waals surface area contributed by atoms with Gasteiger partial charge in [-0.3, -0.25) is 4.79 Å². The predicted molar refractivity (Wildman–Crippen MR) is 68.8 cm³/mol. The number of Topliss-reactive ketones (excluding diaryl/α,β-unsaturated/α-hetero) is 1. The Balaban J connectivity index is 2.49. The van der Waals surface area contributed by atoms with Gasteiger partial charge in [-0.1, -0.05) is 13.8 Å². The summed E-state index contributed by atoms with van der Waals surface area (Å²) in [5.41, 5.74) is 5.59. The van der Waals surface area contributed by atoms with Crippen molar-refractivity contribution in [3.63, 3.8) is 0 Å². The fourth-order valence-corrected chi connectivity index (χ4v) is 2.09. The van der Waals surface area contributed by atoms with E-state index in [9.17, 15) is 4.79 Å². The summed E-state index contributed by atoms with van der Waals surface area (Å²) >= 11 is 0. The number of carbonyl (C=O) groups excluding carboxylic acids is 1. The van der Waals surface area contributed by atoms with E-state index in [-0.39, 0.29) is 5.78 Å². The number of imidazole rings is 1. The van der Waals surface area contributed by atoms with Crippen molar-refractivity contribution in [2.45, 2.75) is 33.1 Å². The number of hydrogen-bond acceptors (Lipinski definition) is 3. The van der Waals surface area contributed by atoms with Crippen LogP contribution < -0.4 is 5.73 Å². The Kier molecular flexibility index (Phi) is 5.35. The second-order valence-electron chi connectivity index (χ2n) is 4.91. The minimum Gasteiger partial charge on any atom is -0.332 e. The summed E-state index contributed by atoms with van der Waals surface area (Å²) in [5, 5.41) is 0. The lowest BCUT2D eigenvalue weighted by atomic mass is 9.87. The van der Waals surface area contributed by atoms with Gasteiger partial charge in [0.15, 0.2) is 11.6 Å². The van der Waals surface area contributed by atoms with Gasteiger partial charge in [0.1, 0.15) is 0 Å². The van der Waals surface area contributed by atoms with Crippen LogP contribution >= 0.6 is 0 Å². The van der Waals surface area contributed by atoms with Gasteiger partial charge in [-0.05, 0) is 31.2 Å².